The van der Waals surface area contributed by atoms with E-state index in [4.69, 9.17) is 14.2 Å². The number of sulfonamides is 1. The molecule has 5 aliphatic rings. The Morgan fingerprint density at radius 2 is 1.71 bits per heavy atom. The van der Waals surface area contributed by atoms with Gasteiger partial charge in [0.2, 0.25) is 27.7 Å². The molecule has 0 radical (unpaired) electrons. The van der Waals surface area contributed by atoms with Gasteiger partial charge < -0.3 is 29.7 Å². The van der Waals surface area contributed by atoms with Crippen molar-refractivity contribution in [2.75, 3.05) is 6.54 Å². The number of allylic oxidation sites excluding steroid dienone is 1. The Hall–Kier alpha value is -4.40. The molecule has 298 valence electrons. The van der Waals surface area contributed by atoms with Gasteiger partial charge in [-0.25, -0.2) is 18.2 Å². The van der Waals surface area contributed by atoms with E-state index >= 15 is 0 Å². The van der Waals surface area contributed by atoms with Crippen molar-refractivity contribution in [3.05, 3.63) is 42.6 Å². The first kappa shape index (κ1) is 38.9. The van der Waals surface area contributed by atoms with E-state index in [1.54, 1.807) is 27.0 Å². The Bertz CT molecular complexity index is 1970. The van der Waals surface area contributed by atoms with Crippen LogP contribution in [0.4, 0.5) is 4.79 Å². The zero-order valence-electron chi connectivity index (χ0n) is 32.2. The molecule has 3 N–H and O–H groups in total. The van der Waals surface area contributed by atoms with Gasteiger partial charge in [-0.15, -0.1) is 0 Å². The molecule has 7 unspecified atom stereocenters. The molecule has 15 heteroatoms. The third kappa shape index (κ3) is 8.86. The molecule has 2 aliphatic heterocycles. The third-order valence-electron chi connectivity index (χ3n) is 11.1. The van der Waals surface area contributed by atoms with Crippen LogP contribution < -0.4 is 24.8 Å². The molecule has 0 spiro atoms. The zero-order valence-corrected chi connectivity index (χ0v) is 33.0. The molecule has 1 aromatic heterocycles. The molecule has 0 bridgehead atoms. The Morgan fingerprint density at radius 3 is 2.40 bits per heavy atom. The molecule has 7 atom stereocenters. The molecule has 14 nitrogen and oxygen atoms in total. The third-order valence-corrected chi connectivity index (χ3v) is 12.9. The van der Waals surface area contributed by atoms with Crippen LogP contribution in [0.1, 0.15) is 92.4 Å². The molecular formula is C40H53N5O9S. The maximum atomic E-state index is 14.8. The van der Waals surface area contributed by atoms with Crippen molar-refractivity contribution >= 4 is 44.6 Å². The molecule has 55 heavy (non-hydrogen) atoms. The highest BCUT2D eigenvalue weighted by Gasteiger charge is 2.62. The van der Waals surface area contributed by atoms with Crippen LogP contribution in [0.25, 0.3) is 10.8 Å². The maximum Gasteiger partial charge on any atom is 0.408 e. The van der Waals surface area contributed by atoms with E-state index < -0.39 is 74.3 Å². The largest absolute Gasteiger partial charge is 0.488 e. The monoisotopic (exact) mass is 779 g/mol. The van der Waals surface area contributed by atoms with Gasteiger partial charge in [-0.05, 0) is 90.0 Å². The van der Waals surface area contributed by atoms with Gasteiger partial charge in [0.25, 0.3) is 5.91 Å². The molecule has 3 heterocycles. The highest BCUT2D eigenvalue weighted by atomic mass is 32.2. The number of nitrogens with zero attached hydrogens (tertiary/aromatic N) is 2. The van der Waals surface area contributed by atoms with E-state index in [0.717, 1.165) is 24.6 Å². The highest BCUT2D eigenvalue weighted by molar-refractivity contribution is 7.91. The second kappa shape index (κ2) is 14.9. The molecule has 4 fully saturated rings. The Balaban J connectivity index is 1.21. The van der Waals surface area contributed by atoms with Crippen LogP contribution in [-0.4, -0.2) is 89.3 Å². The van der Waals surface area contributed by atoms with Gasteiger partial charge in [0.05, 0.1) is 24.1 Å². The van der Waals surface area contributed by atoms with Crippen LogP contribution in [0, 0.1) is 17.8 Å². The summed E-state index contributed by atoms with van der Waals surface area (Å²) in [7, 11) is -3.90. The predicted octanol–water partition coefficient (Wildman–Crippen LogP) is 4.51. The summed E-state index contributed by atoms with van der Waals surface area (Å²) >= 11 is 0. The summed E-state index contributed by atoms with van der Waals surface area (Å²) in [5.41, 5.74) is -2.33. The lowest BCUT2D eigenvalue weighted by Crippen LogP contribution is -2.59. The second-order valence-electron chi connectivity index (χ2n) is 17.2. The standard InChI is InChI=1S/C40H53N5O9S/c1-23-10-6-7-11-25-20-40(25,37(48)44-55(50,51)28-16-17-28)43-34(46)31-19-27(22-45(31)36(47)33(24(2)18-23)42-38(49)54-39(3,4)5)53-35-30-13-9-8-12-29(30)32(21-41-35)52-26-14-15-26/h7-9,11-13,21,23-28,31,33H,6,10,14-20,22H2,1-5H3,(H,42,49)(H,43,46)(H,44,48). The lowest BCUT2D eigenvalue weighted by Gasteiger charge is -2.33. The number of fused-ring (bicyclic) bond motifs is 3. The molecular weight excluding hydrogens is 727 g/mol. The number of rotatable bonds is 8. The summed E-state index contributed by atoms with van der Waals surface area (Å²) in [5, 5.41) is 6.64. The molecule has 2 aromatic rings. The SMILES string of the molecule is CC1CCC=CC2CC2(C(=O)NS(=O)(=O)C2CC2)NC(=O)C2CC(Oc3ncc(OC4CC4)c4ccccc34)CN2C(=O)C(NC(=O)OC(C)(C)C)C(C)C1. The lowest BCUT2D eigenvalue weighted by atomic mass is 9.88. The number of alkyl carbamates (subject to hydrolysis) is 1. The summed E-state index contributed by atoms with van der Waals surface area (Å²) in [4.78, 5) is 62.3. The Labute approximate surface area is 322 Å². The molecule has 7 rings (SSSR count). The van der Waals surface area contributed by atoms with Gasteiger partial charge in [-0.3, -0.25) is 19.1 Å². The van der Waals surface area contributed by atoms with Crippen LogP contribution >= 0.6 is 0 Å². The summed E-state index contributed by atoms with van der Waals surface area (Å²) in [5.74, 6) is -1.53. The minimum Gasteiger partial charge on any atom is -0.488 e. The van der Waals surface area contributed by atoms with Crippen LogP contribution in [-0.2, 0) is 29.1 Å². The number of aromatic nitrogens is 1. The molecule has 1 aromatic carbocycles. The first-order valence-corrected chi connectivity index (χ1v) is 21.1. The van der Waals surface area contributed by atoms with Crippen molar-refractivity contribution in [2.24, 2.45) is 17.8 Å². The topological polar surface area (TPSA) is 182 Å². The fourth-order valence-corrected chi connectivity index (χ4v) is 9.15. The first-order chi connectivity index (χ1) is 26.0. The normalized spacial score (nSPS) is 30.2. The molecule has 1 saturated heterocycles. The van der Waals surface area contributed by atoms with Gasteiger partial charge in [0, 0.05) is 23.1 Å². The summed E-state index contributed by atoms with van der Waals surface area (Å²) in [6, 6.07) is 5.43. The number of nitrogens with one attached hydrogen (secondary N) is 3. The Morgan fingerprint density at radius 1 is 0.982 bits per heavy atom. The summed E-state index contributed by atoms with van der Waals surface area (Å²) < 4.78 is 46.2. The van der Waals surface area contributed by atoms with Gasteiger partial charge in [0.1, 0.15) is 35.1 Å². The van der Waals surface area contributed by atoms with Crippen molar-refractivity contribution < 1.29 is 41.8 Å². The van der Waals surface area contributed by atoms with E-state index in [1.807, 2.05) is 43.3 Å². The molecule has 3 aliphatic carbocycles. The second-order valence-corrected chi connectivity index (χ2v) is 19.1. The molecule has 4 amide bonds. The number of hydrogen-bond donors (Lipinski definition) is 3. The average molecular weight is 780 g/mol. The van der Waals surface area contributed by atoms with Gasteiger partial charge in [-0.2, -0.15) is 0 Å². The first-order valence-electron chi connectivity index (χ1n) is 19.6. The zero-order chi connectivity index (χ0) is 39.3. The van der Waals surface area contributed by atoms with E-state index in [2.05, 4.69) is 27.3 Å². The van der Waals surface area contributed by atoms with E-state index in [9.17, 15) is 27.6 Å². The number of benzene rings is 1. The number of hydrogen-bond acceptors (Lipinski definition) is 10. The van der Waals surface area contributed by atoms with E-state index in [1.165, 1.54) is 4.90 Å². The lowest BCUT2D eigenvalue weighted by molar-refractivity contribution is -0.142. The van der Waals surface area contributed by atoms with Gasteiger partial charge >= 0.3 is 6.09 Å². The van der Waals surface area contributed by atoms with E-state index in [-0.39, 0.29) is 37.3 Å². The Kier molecular flexibility index (Phi) is 10.5. The van der Waals surface area contributed by atoms with Crippen LogP contribution in [0.3, 0.4) is 0 Å². The van der Waals surface area contributed by atoms with Crippen molar-refractivity contribution in [3.8, 4) is 11.6 Å². The van der Waals surface area contributed by atoms with Gasteiger partial charge in [0.15, 0.2) is 0 Å². The van der Waals surface area contributed by atoms with Crippen molar-refractivity contribution in [3.63, 3.8) is 0 Å². The minimum absolute atomic E-state index is 0.0133. The summed E-state index contributed by atoms with van der Waals surface area (Å²) in [6.07, 6.45) is 9.42. The number of carbonyl (C=O) groups is 4. The predicted molar refractivity (Wildman–Crippen MR) is 203 cm³/mol. The number of amides is 4. The minimum atomic E-state index is -3.90. The van der Waals surface area contributed by atoms with Crippen LogP contribution in [0.15, 0.2) is 42.6 Å². The number of pyridine rings is 1. The van der Waals surface area contributed by atoms with Crippen molar-refractivity contribution in [2.45, 2.75) is 133 Å². The quantitative estimate of drug-likeness (QED) is 0.323. The van der Waals surface area contributed by atoms with Gasteiger partial charge in [-0.1, -0.05) is 44.2 Å². The van der Waals surface area contributed by atoms with E-state index in [0.29, 0.717) is 42.7 Å². The van der Waals surface area contributed by atoms with Crippen LogP contribution in [0.2, 0.25) is 0 Å². The summed E-state index contributed by atoms with van der Waals surface area (Å²) in [6.45, 7) is 9.19. The van der Waals surface area contributed by atoms with Crippen LogP contribution in [0.5, 0.6) is 11.6 Å². The maximum absolute atomic E-state index is 14.8. The van der Waals surface area contributed by atoms with Crippen molar-refractivity contribution in [1.82, 2.24) is 25.2 Å². The number of carbonyl (C=O) groups excluding carboxylic acids is 4. The number of ether oxygens (including phenoxy) is 3. The smallest absolute Gasteiger partial charge is 0.408 e. The van der Waals surface area contributed by atoms with Crippen molar-refractivity contribution in [1.29, 1.82) is 0 Å². The highest BCUT2D eigenvalue weighted by Crippen LogP contribution is 2.46. The fourth-order valence-electron chi connectivity index (χ4n) is 7.78. The molecule has 3 saturated carbocycles. The fraction of sp³-hybridized carbons (Fsp3) is 0.625. The average Bonchev–Trinajstić information content (AvgIpc) is 4.01.